The van der Waals surface area contributed by atoms with Crippen LogP contribution in [0.25, 0.3) is 10.9 Å². The van der Waals surface area contributed by atoms with Crippen LogP contribution in [0.2, 0.25) is 0 Å². The van der Waals surface area contributed by atoms with Crippen LogP contribution in [0.1, 0.15) is 39.6 Å². The minimum Gasteiger partial charge on any atom is -0.495 e. The summed E-state index contributed by atoms with van der Waals surface area (Å²) < 4.78 is 46.6. The Morgan fingerprint density at radius 1 is 0.736 bits per heavy atom. The molecule has 272 valence electrons. The van der Waals surface area contributed by atoms with E-state index in [4.69, 9.17) is 14.2 Å². The number of anilines is 1. The summed E-state index contributed by atoms with van der Waals surface area (Å²) in [6, 6.07) is 36.9. The number of rotatable bonds is 13. The minimum atomic E-state index is -3.95. The number of ether oxygens (including phenoxy) is 3. The van der Waals surface area contributed by atoms with Crippen molar-refractivity contribution >= 4 is 32.4 Å². The number of aryl methyl sites for hydroxylation is 1. The Hall–Kier alpha value is -5.58. The molecule has 0 spiro atoms. The molecule has 0 aliphatic carbocycles. The Morgan fingerprint density at radius 2 is 1.42 bits per heavy atom. The molecule has 0 N–H and O–H groups in total. The number of hydrogen-bond donors (Lipinski definition) is 0. The summed E-state index contributed by atoms with van der Waals surface area (Å²) in [6.45, 7) is 6.54. The topological polar surface area (TPSA) is 90.3 Å². The normalized spacial score (nSPS) is 14.2. The van der Waals surface area contributed by atoms with Crippen LogP contribution in [0.15, 0.2) is 132 Å². The van der Waals surface area contributed by atoms with Crippen molar-refractivity contribution in [3.8, 4) is 17.2 Å². The van der Waals surface area contributed by atoms with E-state index in [9.17, 15) is 13.2 Å². The summed E-state index contributed by atoms with van der Waals surface area (Å²) in [6.07, 6.45) is 1.90. The van der Waals surface area contributed by atoms with Crippen molar-refractivity contribution in [2.75, 3.05) is 51.8 Å². The number of benzene rings is 5. The standard InChI is InChI=1S/C43H43N3O6S/c1-31-17-19-32(20-18-31)39(23-24-44-25-27-45(28-26-44)38-15-9-10-16-40(38)50-2)52-41-22-21-33(29-42(41)51-3)43(47)36-30-46(37-14-8-7-13-35(36)37)53(48,49)34-11-5-4-6-12-34/h4-22,29-30,39H,23-28H2,1-3H3. The predicted octanol–water partition coefficient (Wildman–Crippen LogP) is 7.77. The third kappa shape index (κ3) is 7.51. The highest BCUT2D eigenvalue weighted by Gasteiger charge is 2.26. The monoisotopic (exact) mass is 729 g/mol. The summed E-state index contributed by atoms with van der Waals surface area (Å²) in [5, 5.41) is 0.541. The summed E-state index contributed by atoms with van der Waals surface area (Å²) in [4.78, 5) is 19.1. The van der Waals surface area contributed by atoms with Crippen molar-refractivity contribution in [1.82, 2.24) is 8.87 Å². The fraction of sp³-hybridized carbons (Fsp3) is 0.233. The number of ketones is 1. The lowest BCUT2D eigenvalue weighted by Crippen LogP contribution is -2.47. The summed E-state index contributed by atoms with van der Waals surface area (Å²) in [7, 11) is -0.683. The van der Waals surface area contributed by atoms with Crippen LogP contribution in [0, 0.1) is 6.92 Å². The number of fused-ring (bicyclic) bond motifs is 1. The van der Waals surface area contributed by atoms with Crippen LogP contribution >= 0.6 is 0 Å². The van der Waals surface area contributed by atoms with Crippen molar-refractivity contribution < 1.29 is 27.4 Å². The first-order valence-corrected chi connectivity index (χ1v) is 19.2. The highest BCUT2D eigenvalue weighted by atomic mass is 32.2. The van der Waals surface area contributed by atoms with E-state index in [1.165, 1.54) is 15.7 Å². The van der Waals surface area contributed by atoms with E-state index < -0.39 is 10.0 Å². The molecule has 1 fully saturated rings. The van der Waals surface area contributed by atoms with Crippen LogP contribution in [-0.2, 0) is 10.0 Å². The fourth-order valence-corrected chi connectivity index (χ4v) is 8.32. The highest BCUT2D eigenvalue weighted by Crippen LogP contribution is 2.36. The molecular weight excluding hydrogens is 687 g/mol. The molecule has 6 aromatic rings. The van der Waals surface area contributed by atoms with Gasteiger partial charge in [0, 0.05) is 61.9 Å². The van der Waals surface area contributed by atoms with Crippen LogP contribution in [-0.4, -0.2) is 70.0 Å². The fourth-order valence-electron chi connectivity index (χ4n) is 6.93. The van der Waals surface area contributed by atoms with Crippen LogP contribution in [0.3, 0.4) is 0 Å². The molecule has 1 saturated heterocycles. The molecule has 10 heteroatoms. The molecule has 2 heterocycles. The smallest absolute Gasteiger partial charge is 0.268 e. The van der Waals surface area contributed by atoms with Crippen LogP contribution in [0.5, 0.6) is 17.2 Å². The lowest BCUT2D eigenvalue weighted by Gasteiger charge is -2.37. The van der Waals surface area contributed by atoms with Gasteiger partial charge in [0.25, 0.3) is 10.0 Å². The van der Waals surface area contributed by atoms with Gasteiger partial charge in [0.05, 0.1) is 30.3 Å². The first-order chi connectivity index (χ1) is 25.8. The molecule has 0 amide bonds. The number of hydrogen-bond acceptors (Lipinski definition) is 8. The van der Waals surface area contributed by atoms with Gasteiger partial charge in [0.15, 0.2) is 17.3 Å². The van der Waals surface area contributed by atoms with Gasteiger partial charge in [-0.05, 0) is 61.0 Å². The average Bonchev–Trinajstić information content (AvgIpc) is 3.61. The van der Waals surface area contributed by atoms with Gasteiger partial charge >= 0.3 is 0 Å². The van der Waals surface area contributed by atoms with Gasteiger partial charge in [-0.1, -0.05) is 78.4 Å². The summed E-state index contributed by atoms with van der Waals surface area (Å²) in [5.74, 6) is 1.50. The summed E-state index contributed by atoms with van der Waals surface area (Å²) >= 11 is 0. The number of methoxy groups -OCH3 is 2. The van der Waals surface area contributed by atoms with E-state index in [0.29, 0.717) is 28.0 Å². The first-order valence-electron chi connectivity index (χ1n) is 17.7. The maximum absolute atomic E-state index is 14.1. The van der Waals surface area contributed by atoms with Gasteiger partial charge in [0.1, 0.15) is 11.9 Å². The number of aromatic nitrogens is 1. The molecule has 1 aliphatic rings. The van der Waals surface area contributed by atoms with Crippen LogP contribution < -0.4 is 19.1 Å². The third-order valence-electron chi connectivity index (χ3n) is 9.87. The minimum absolute atomic E-state index is 0.140. The second-order valence-corrected chi connectivity index (χ2v) is 15.0. The number of para-hydroxylation sites is 3. The summed E-state index contributed by atoms with van der Waals surface area (Å²) in [5.41, 5.74) is 4.39. The van der Waals surface area contributed by atoms with Crippen molar-refractivity contribution in [2.24, 2.45) is 0 Å². The van der Waals surface area contributed by atoms with Crippen molar-refractivity contribution in [3.05, 3.63) is 150 Å². The number of nitrogens with zero attached hydrogens (tertiary/aromatic N) is 3. The zero-order valence-electron chi connectivity index (χ0n) is 30.1. The average molecular weight is 730 g/mol. The van der Waals surface area contributed by atoms with E-state index in [1.54, 1.807) is 87.0 Å². The molecular formula is C43H43N3O6S. The Labute approximate surface area is 311 Å². The molecule has 5 aromatic carbocycles. The van der Waals surface area contributed by atoms with Gasteiger partial charge in [-0.25, -0.2) is 12.4 Å². The van der Waals surface area contributed by atoms with Crippen molar-refractivity contribution in [1.29, 1.82) is 0 Å². The molecule has 7 rings (SSSR count). The molecule has 1 aromatic heterocycles. The molecule has 0 saturated carbocycles. The van der Waals surface area contributed by atoms with Gasteiger partial charge in [0.2, 0.25) is 0 Å². The second kappa shape index (κ2) is 15.6. The molecule has 9 nitrogen and oxygen atoms in total. The van der Waals surface area contributed by atoms with Gasteiger partial charge < -0.3 is 19.1 Å². The zero-order valence-corrected chi connectivity index (χ0v) is 31.0. The Morgan fingerprint density at radius 3 is 2.15 bits per heavy atom. The quantitative estimate of drug-likeness (QED) is 0.112. The van der Waals surface area contributed by atoms with E-state index in [-0.39, 0.29) is 22.3 Å². The maximum atomic E-state index is 14.1. The van der Waals surface area contributed by atoms with Crippen molar-refractivity contribution in [2.45, 2.75) is 24.3 Å². The maximum Gasteiger partial charge on any atom is 0.268 e. The van der Waals surface area contributed by atoms with E-state index >= 15 is 0 Å². The molecule has 0 radical (unpaired) electrons. The van der Waals surface area contributed by atoms with Gasteiger partial charge in [-0.3, -0.25) is 9.69 Å². The van der Waals surface area contributed by atoms with Gasteiger partial charge in [-0.2, -0.15) is 0 Å². The third-order valence-corrected chi connectivity index (χ3v) is 11.6. The molecule has 1 aliphatic heterocycles. The molecule has 1 atom stereocenters. The second-order valence-electron chi connectivity index (χ2n) is 13.2. The largest absolute Gasteiger partial charge is 0.495 e. The van der Waals surface area contributed by atoms with E-state index in [1.807, 2.05) is 18.2 Å². The lowest BCUT2D eigenvalue weighted by molar-refractivity contribution is 0.103. The number of carbonyl (C=O) groups excluding carboxylic acids is 1. The molecule has 1 unspecified atom stereocenters. The van der Waals surface area contributed by atoms with Crippen molar-refractivity contribution in [3.63, 3.8) is 0 Å². The SMILES string of the molecule is COc1cc(C(=O)c2cn(S(=O)(=O)c3ccccc3)c3ccccc23)ccc1OC(CCN1CCN(c2ccccc2OC)CC1)c1ccc(C)cc1. The molecule has 0 bridgehead atoms. The van der Waals surface area contributed by atoms with E-state index in [2.05, 4.69) is 47.1 Å². The van der Waals surface area contributed by atoms with Crippen LogP contribution in [0.4, 0.5) is 5.69 Å². The number of piperazine rings is 1. The first kappa shape index (κ1) is 35.8. The Balaban J connectivity index is 1.11. The molecule has 53 heavy (non-hydrogen) atoms. The zero-order chi connectivity index (χ0) is 37.0. The number of carbonyl (C=O) groups is 1. The van der Waals surface area contributed by atoms with E-state index in [0.717, 1.165) is 56.1 Å². The predicted molar refractivity (Wildman–Crippen MR) is 208 cm³/mol. The Bertz CT molecular complexity index is 2310. The Kier molecular flexibility index (Phi) is 10.5. The lowest BCUT2D eigenvalue weighted by atomic mass is 10.0. The van der Waals surface area contributed by atoms with Gasteiger partial charge in [-0.15, -0.1) is 0 Å². The highest BCUT2D eigenvalue weighted by molar-refractivity contribution is 7.90.